The summed E-state index contributed by atoms with van der Waals surface area (Å²) in [5, 5.41) is 13.2. The van der Waals surface area contributed by atoms with Crippen LogP contribution in [-0.2, 0) is 11.3 Å². The molecule has 0 radical (unpaired) electrons. The van der Waals surface area contributed by atoms with Crippen LogP contribution in [0.1, 0.15) is 68.7 Å². The molecule has 1 aromatic heterocycles. The second-order valence-electron chi connectivity index (χ2n) is 8.85. The van der Waals surface area contributed by atoms with Crippen LogP contribution < -0.4 is 10.2 Å². The molecule has 0 spiro atoms. The molecule has 0 saturated carbocycles. The molecule has 1 heterocycles. The van der Waals surface area contributed by atoms with E-state index in [4.69, 9.17) is 11.6 Å². The van der Waals surface area contributed by atoms with Gasteiger partial charge in [-0.15, -0.1) is 0 Å². The minimum Gasteiger partial charge on any atom is -0.506 e. The highest BCUT2D eigenvalue weighted by molar-refractivity contribution is 6.32. The molecule has 1 aromatic carbocycles. The number of carbonyl (C=O) groups excluding carboxylic acids is 1. The van der Waals surface area contributed by atoms with Crippen LogP contribution in [0, 0.1) is 5.92 Å². The number of carbonyl (C=O) groups is 1. The number of nitrogens with zero attached hydrogens (tertiary/aromatic N) is 3. The lowest BCUT2D eigenvalue weighted by Gasteiger charge is -2.21. The molecule has 0 saturated heterocycles. The molecular formula is C29H41ClN4O2. The zero-order chi connectivity index (χ0) is 27.3. The predicted octanol–water partition coefficient (Wildman–Crippen LogP) is 6.75. The summed E-state index contributed by atoms with van der Waals surface area (Å²) < 4.78 is 0. The van der Waals surface area contributed by atoms with Gasteiger partial charge in [0, 0.05) is 56.5 Å². The zero-order valence-corrected chi connectivity index (χ0v) is 23.3. The number of allylic oxidation sites excluding steroid dienone is 1. The van der Waals surface area contributed by atoms with Crippen LogP contribution in [0.15, 0.2) is 42.5 Å². The van der Waals surface area contributed by atoms with Gasteiger partial charge in [0.25, 0.3) is 0 Å². The van der Waals surface area contributed by atoms with Crippen LogP contribution in [0.3, 0.4) is 0 Å². The number of hydrogen-bond acceptors (Lipinski definition) is 5. The Morgan fingerprint density at radius 1 is 1.28 bits per heavy atom. The standard InChI is InChI=1S/C21H25ClN4O.C8H16O/c1-7-15-19(13(2)3)16(12-25-21(15)26(5)6)20(23-4)24-11-14-8-9-18(27)17(22)10-14;1-3-5-8(7-9)6-4-2/h7-10,12,27H,1-2,11H2,3-6H3,(H,23,24);7-8H,3-6H2,1-2H3. The van der Waals surface area contributed by atoms with Gasteiger partial charge in [-0.1, -0.05) is 63.6 Å². The number of phenolic OH excluding ortho intramolecular Hbond substituents is 1. The van der Waals surface area contributed by atoms with E-state index < -0.39 is 0 Å². The van der Waals surface area contributed by atoms with E-state index in [-0.39, 0.29) is 5.75 Å². The van der Waals surface area contributed by atoms with Gasteiger partial charge in [0.2, 0.25) is 0 Å². The molecule has 6 nitrogen and oxygen atoms in total. The number of aromatic nitrogens is 1. The maximum absolute atomic E-state index is 10.3. The molecular weight excluding hydrogens is 472 g/mol. The Labute approximate surface area is 221 Å². The van der Waals surface area contributed by atoms with Gasteiger partial charge in [0.15, 0.2) is 0 Å². The molecule has 36 heavy (non-hydrogen) atoms. The number of anilines is 1. The molecule has 0 amide bonds. The monoisotopic (exact) mass is 512 g/mol. The lowest BCUT2D eigenvalue weighted by atomic mass is 9.96. The van der Waals surface area contributed by atoms with E-state index in [0.29, 0.717) is 23.3 Å². The van der Waals surface area contributed by atoms with E-state index in [1.165, 1.54) is 0 Å². The Hall–Kier alpha value is -3.12. The molecule has 7 heteroatoms. The number of aromatic hydroxyl groups is 1. The Morgan fingerprint density at radius 3 is 2.36 bits per heavy atom. The van der Waals surface area contributed by atoms with Crippen molar-refractivity contribution in [2.45, 2.75) is 53.0 Å². The smallest absolute Gasteiger partial charge is 0.135 e. The van der Waals surface area contributed by atoms with Crippen molar-refractivity contribution in [3.63, 3.8) is 0 Å². The van der Waals surface area contributed by atoms with Gasteiger partial charge in [-0.05, 0) is 43.0 Å². The summed E-state index contributed by atoms with van der Waals surface area (Å²) in [7, 11) is 5.61. The van der Waals surface area contributed by atoms with Crippen molar-refractivity contribution in [3.8, 4) is 5.75 Å². The molecule has 2 rings (SSSR count). The van der Waals surface area contributed by atoms with Gasteiger partial charge in [-0.2, -0.15) is 0 Å². The number of amidine groups is 1. The summed E-state index contributed by atoms with van der Waals surface area (Å²) in [6.07, 6.45) is 9.07. The first-order chi connectivity index (χ1) is 17.1. The molecule has 0 aliphatic carbocycles. The molecule has 0 atom stereocenters. The third-order valence-electron chi connectivity index (χ3n) is 5.61. The largest absolute Gasteiger partial charge is 0.506 e. The summed E-state index contributed by atoms with van der Waals surface area (Å²) >= 11 is 5.99. The van der Waals surface area contributed by atoms with Gasteiger partial charge < -0.3 is 20.1 Å². The molecule has 0 aliphatic heterocycles. The topological polar surface area (TPSA) is 77.8 Å². The Kier molecular flexibility index (Phi) is 13.6. The summed E-state index contributed by atoms with van der Waals surface area (Å²) in [6, 6.07) is 5.10. The second-order valence-corrected chi connectivity index (χ2v) is 9.26. The van der Waals surface area contributed by atoms with E-state index in [1.807, 2.05) is 32.0 Å². The van der Waals surface area contributed by atoms with E-state index in [1.54, 1.807) is 31.5 Å². The fourth-order valence-corrected chi connectivity index (χ4v) is 4.07. The quantitative estimate of drug-likeness (QED) is 0.198. The molecule has 2 aromatic rings. The van der Waals surface area contributed by atoms with Crippen molar-refractivity contribution < 1.29 is 9.90 Å². The van der Waals surface area contributed by atoms with Crippen LogP contribution in [0.25, 0.3) is 11.6 Å². The minimum atomic E-state index is 0.0634. The summed E-state index contributed by atoms with van der Waals surface area (Å²) in [5.41, 5.74) is 4.57. The highest BCUT2D eigenvalue weighted by atomic mass is 35.5. The molecule has 2 N–H and O–H groups in total. The number of benzene rings is 1. The number of aldehydes is 1. The van der Waals surface area contributed by atoms with Crippen molar-refractivity contribution >= 4 is 41.2 Å². The van der Waals surface area contributed by atoms with Crippen LogP contribution in [0.5, 0.6) is 5.75 Å². The average Bonchev–Trinajstić information content (AvgIpc) is 2.85. The zero-order valence-electron chi connectivity index (χ0n) is 22.6. The van der Waals surface area contributed by atoms with Crippen molar-refractivity contribution in [2.24, 2.45) is 10.9 Å². The lowest BCUT2D eigenvalue weighted by Crippen LogP contribution is -2.26. The fraction of sp³-hybridized carbons (Fsp3) is 0.414. The van der Waals surface area contributed by atoms with Gasteiger partial charge in [-0.3, -0.25) is 4.99 Å². The molecule has 0 bridgehead atoms. The predicted molar refractivity (Wildman–Crippen MR) is 155 cm³/mol. The van der Waals surface area contributed by atoms with Crippen LogP contribution in [0.2, 0.25) is 5.02 Å². The number of rotatable bonds is 11. The maximum Gasteiger partial charge on any atom is 0.135 e. The van der Waals surface area contributed by atoms with E-state index >= 15 is 0 Å². The minimum absolute atomic E-state index is 0.0634. The first-order valence-electron chi connectivity index (χ1n) is 12.3. The van der Waals surface area contributed by atoms with Crippen molar-refractivity contribution in [3.05, 3.63) is 64.8 Å². The van der Waals surface area contributed by atoms with Crippen LogP contribution in [-0.4, -0.2) is 43.4 Å². The van der Waals surface area contributed by atoms with E-state index in [2.05, 4.69) is 42.3 Å². The average molecular weight is 513 g/mol. The Balaban J connectivity index is 0.000000613. The highest BCUT2D eigenvalue weighted by Gasteiger charge is 2.18. The summed E-state index contributed by atoms with van der Waals surface area (Å²) in [6.45, 7) is 14.8. The van der Waals surface area contributed by atoms with Gasteiger partial charge in [-0.25, -0.2) is 4.98 Å². The fourth-order valence-electron chi connectivity index (χ4n) is 3.87. The number of hydrogen-bond donors (Lipinski definition) is 2. The lowest BCUT2D eigenvalue weighted by molar-refractivity contribution is -0.111. The van der Waals surface area contributed by atoms with Gasteiger partial charge >= 0.3 is 0 Å². The normalized spacial score (nSPS) is 10.9. The second kappa shape index (κ2) is 15.8. The number of phenols is 1. The third-order valence-corrected chi connectivity index (χ3v) is 5.91. The van der Waals surface area contributed by atoms with Gasteiger partial charge in [0.05, 0.1) is 5.02 Å². The maximum atomic E-state index is 10.3. The number of aliphatic imine (C=N–C) groups is 1. The van der Waals surface area contributed by atoms with Crippen molar-refractivity contribution in [1.29, 1.82) is 0 Å². The molecule has 0 unspecified atom stereocenters. The van der Waals surface area contributed by atoms with Crippen molar-refractivity contribution in [1.82, 2.24) is 10.3 Å². The van der Waals surface area contributed by atoms with Gasteiger partial charge in [0.1, 0.15) is 23.7 Å². The third kappa shape index (κ3) is 8.83. The van der Waals surface area contributed by atoms with Crippen molar-refractivity contribution in [2.75, 3.05) is 26.0 Å². The number of nitrogens with one attached hydrogen (secondary N) is 1. The summed E-state index contributed by atoms with van der Waals surface area (Å²) in [5.74, 6) is 1.92. The van der Waals surface area contributed by atoms with E-state index in [9.17, 15) is 9.90 Å². The van der Waals surface area contributed by atoms with E-state index in [0.717, 1.165) is 65.6 Å². The SMILES string of the molecule is C=Cc1c(N(C)C)ncc(C(=NC)NCc2ccc(O)c(Cl)c2)c1C(=C)C.CCCC(C=O)CCC. The Bertz CT molecular complexity index is 1060. The summed E-state index contributed by atoms with van der Waals surface area (Å²) in [4.78, 5) is 21.2. The molecule has 0 aliphatic rings. The van der Waals surface area contributed by atoms with Crippen LogP contribution >= 0.6 is 11.6 Å². The molecule has 196 valence electrons. The van der Waals surface area contributed by atoms with Crippen LogP contribution in [0.4, 0.5) is 5.82 Å². The number of halogens is 1. The first-order valence-corrected chi connectivity index (χ1v) is 12.6. The number of pyridine rings is 1. The highest BCUT2D eigenvalue weighted by Crippen LogP contribution is 2.30. The molecule has 0 fully saturated rings. The Morgan fingerprint density at radius 2 is 1.92 bits per heavy atom. The first kappa shape index (κ1) is 30.9.